The lowest BCUT2D eigenvalue weighted by Gasteiger charge is -2.38. The highest BCUT2D eigenvalue weighted by molar-refractivity contribution is 9.10. The van der Waals surface area contributed by atoms with Crippen LogP contribution in [0.4, 0.5) is 13.2 Å². The van der Waals surface area contributed by atoms with Crippen molar-refractivity contribution in [2.75, 3.05) is 19.7 Å². The summed E-state index contributed by atoms with van der Waals surface area (Å²) in [5.41, 5.74) is 0.00106. The van der Waals surface area contributed by atoms with E-state index in [1.54, 1.807) is 6.07 Å². The van der Waals surface area contributed by atoms with E-state index in [0.717, 1.165) is 13.1 Å². The van der Waals surface area contributed by atoms with Gasteiger partial charge in [0.25, 0.3) is 0 Å². The second kappa shape index (κ2) is 5.19. The molecule has 0 atom stereocenters. The van der Waals surface area contributed by atoms with Gasteiger partial charge in [-0.3, -0.25) is 4.90 Å². The SMILES string of the molecule is OCC1CN(Cc2ccc(Br)c(C(F)(F)F)c2)C1. The Hall–Kier alpha value is -0.590. The molecule has 1 saturated heterocycles. The lowest BCUT2D eigenvalue weighted by atomic mass is 10.00. The number of alkyl halides is 3. The zero-order valence-corrected chi connectivity index (χ0v) is 11.1. The number of benzene rings is 1. The summed E-state index contributed by atoms with van der Waals surface area (Å²) in [6, 6.07) is 4.30. The number of hydrogen-bond donors (Lipinski definition) is 1. The van der Waals surface area contributed by atoms with Crippen molar-refractivity contribution in [2.24, 2.45) is 5.92 Å². The van der Waals surface area contributed by atoms with E-state index in [2.05, 4.69) is 15.9 Å². The molecule has 2 nitrogen and oxygen atoms in total. The van der Waals surface area contributed by atoms with E-state index in [4.69, 9.17) is 5.11 Å². The van der Waals surface area contributed by atoms with E-state index < -0.39 is 11.7 Å². The molecule has 1 aromatic carbocycles. The summed E-state index contributed by atoms with van der Waals surface area (Å²) in [5, 5.41) is 8.88. The molecule has 1 N–H and O–H groups in total. The first-order valence-electron chi connectivity index (χ1n) is 5.59. The van der Waals surface area contributed by atoms with Gasteiger partial charge < -0.3 is 5.11 Å². The summed E-state index contributed by atoms with van der Waals surface area (Å²) in [6.45, 7) is 2.12. The minimum absolute atomic E-state index is 0.0654. The molecule has 0 unspecified atom stereocenters. The number of nitrogens with zero attached hydrogens (tertiary/aromatic N) is 1. The summed E-state index contributed by atoms with van der Waals surface area (Å²) in [6.07, 6.45) is -4.34. The Morgan fingerprint density at radius 1 is 1.33 bits per heavy atom. The van der Waals surface area contributed by atoms with E-state index in [9.17, 15) is 13.2 Å². The lowest BCUT2D eigenvalue weighted by Crippen LogP contribution is -2.47. The molecule has 0 radical (unpaired) electrons. The van der Waals surface area contributed by atoms with Gasteiger partial charge in [0.05, 0.1) is 5.56 Å². The van der Waals surface area contributed by atoms with Gasteiger partial charge in [-0.2, -0.15) is 13.2 Å². The molecule has 0 bridgehead atoms. The first-order chi connectivity index (χ1) is 8.40. The second-order valence-electron chi connectivity index (χ2n) is 4.55. The topological polar surface area (TPSA) is 23.5 Å². The molecule has 0 spiro atoms. The van der Waals surface area contributed by atoms with Gasteiger partial charge in [-0.1, -0.05) is 22.0 Å². The van der Waals surface area contributed by atoms with Crippen LogP contribution in [0.15, 0.2) is 22.7 Å². The van der Waals surface area contributed by atoms with Crippen LogP contribution < -0.4 is 0 Å². The fourth-order valence-electron chi connectivity index (χ4n) is 2.07. The van der Waals surface area contributed by atoms with Gasteiger partial charge in [0.1, 0.15) is 0 Å². The van der Waals surface area contributed by atoms with Crippen molar-refractivity contribution in [3.05, 3.63) is 33.8 Å². The van der Waals surface area contributed by atoms with Crippen LogP contribution in [-0.2, 0) is 12.7 Å². The van der Waals surface area contributed by atoms with E-state index in [1.807, 2.05) is 4.90 Å². The molecule has 0 amide bonds. The smallest absolute Gasteiger partial charge is 0.396 e. The number of rotatable bonds is 3. The van der Waals surface area contributed by atoms with Gasteiger partial charge in [-0.05, 0) is 17.7 Å². The molecule has 1 aliphatic rings. The summed E-state index contributed by atoms with van der Waals surface area (Å²) >= 11 is 2.92. The minimum Gasteiger partial charge on any atom is -0.396 e. The molecule has 1 aromatic rings. The molecule has 1 heterocycles. The average Bonchev–Trinajstić information content (AvgIpc) is 2.23. The van der Waals surface area contributed by atoms with Crippen molar-refractivity contribution in [1.82, 2.24) is 4.90 Å². The van der Waals surface area contributed by atoms with Crippen LogP contribution in [0.5, 0.6) is 0 Å². The van der Waals surface area contributed by atoms with Crippen LogP contribution in [-0.4, -0.2) is 29.7 Å². The minimum atomic E-state index is -4.34. The van der Waals surface area contributed by atoms with Crippen LogP contribution in [0.3, 0.4) is 0 Å². The van der Waals surface area contributed by atoms with Crippen LogP contribution in [0, 0.1) is 5.92 Å². The van der Waals surface area contributed by atoms with Gasteiger partial charge in [0.2, 0.25) is 0 Å². The molecule has 1 fully saturated rings. The van der Waals surface area contributed by atoms with Crippen LogP contribution >= 0.6 is 15.9 Å². The van der Waals surface area contributed by atoms with Crippen molar-refractivity contribution in [3.8, 4) is 0 Å². The maximum atomic E-state index is 12.7. The van der Waals surface area contributed by atoms with Gasteiger partial charge in [-0.15, -0.1) is 0 Å². The summed E-state index contributed by atoms with van der Waals surface area (Å²) in [7, 11) is 0. The van der Waals surface area contributed by atoms with Crippen molar-refractivity contribution in [2.45, 2.75) is 12.7 Å². The van der Waals surface area contributed by atoms with E-state index >= 15 is 0 Å². The number of likely N-dealkylation sites (tertiary alicyclic amines) is 1. The maximum Gasteiger partial charge on any atom is 0.417 e. The van der Waals surface area contributed by atoms with Gasteiger partial charge in [-0.25, -0.2) is 0 Å². The van der Waals surface area contributed by atoms with Crippen LogP contribution in [0.25, 0.3) is 0 Å². The van der Waals surface area contributed by atoms with Crippen molar-refractivity contribution in [1.29, 1.82) is 0 Å². The zero-order valence-electron chi connectivity index (χ0n) is 9.54. The zero-order chi connectivity index (χ0) is 13.3. The largest absolute Gasteiger partial charge is 0.417 e. The highest BCUT2D eigenvalue weighted by atomic mass is 79.9. The highest BCUT2D eigenvalue weighted by Crippen LogP contribution is 2.35. The Morgan fingerprint density at radius 2 is 2.00 bits per heavy atom. The Balaban J connectivity index is 2.06. The maximum absolute atomic E-state index is 12.7. The molecule has 0 saturated carbocycles. The second-order valence-corrected chi connectivity index (χ2v) is 5.41. The summed E-state index contributed by atoms with van der Waals surface area (Å²) in [4.78, 5) is 2.02. The van der Waals surface area contributed by atoms with Crippen molar-refractivity contribution >= 4 is 15.9 Å². The summed E-state index contributed by atoms with van der Waals surface area (Å²) < 4.78 is 38.2. The monoisotopic (exact) mass is 323 g/mol. The van der Waals surface area contributed by atoms with E-state index in [1.165, 1.54) is 12.1 Å². The molecule has 2 rings (SSSR count). The predicted octanol–water partition coefficient (Wildman–Crippen LogP) is 2.89. The van der Waals surface area contributed by atoms with Gasteiger partial charge in [0.15, 0.2) is 0 Å². The molecule has 1 aliphatic heterocycles. The van der Waals surface area contributed by atoms with Crippen molar-refractivity contribution < 1.29 is 18.3 Å². The Kier molecular flexibility index (Phi) is 3.99. The molecule has 100 valence electrons. The average molecular weight is 324 g/mol. The molecular formula is C12H13BrF3NO. The lowest BCUT2D eigenvalue weighted by molar-refractivity contribution is -0.138. The highest BCUT2D eigenvalue weighted by Gasteiger charge is 2.33. The van der Waals surface area contributed by atoms with E-state index in [-0.39, 0.29) is 17.0 Å². The van der Waals surface area contributed by atoms with Gasteiger partial charge >= 0.3 is 6.18 Å². The number of hydrogen-bond acceptors (Lipinski definition) is 2. The molecule has 6 heteroatoms. The fourth-order valence-corrected chi connectivity index (χ4v) is 2.54. The molecule has 0 aromatic heterocycles. The third-order valence-corrected chi connectivity index (χ3v) is 3.72. The first-order valence-corrected chi connectivity index (χ1v) is 6.38. The summed E-state index contributed by atoms with van der Waals surface area (Å²) in [5.74, 6) is 0.266. The standard InChI is InChI=1S/C12H13BrF3NO/c13-11-2-1-8(3-10(11)12(14,15)16)4-17-5-9(6-17)7-18/h1-3,9,18H,4-7H2. The Labute approximate surface area is 112 Å². The van der Waals surface area contributed by atoms with Crippen LogP contribution in [0.2, 0.25) is 0 Å². The third-order valence-electron chi connectivity index (χ3n) is 3.03. The predicted molar refractivity (Wildman–Crippen MR) is 65.0 cm³/mol. The number of aliphatic hydroxyl groups excluding tert-OH is 1. The number of halogens is 4. The Morgan fingerprint density at radius 3 is 2.56 bits per heavy atom. The quantitative estimate of drug-likeness (QED) is 0.924. The van der Waals surface area contributed by atoms with E-state index in [0.29, 0.717) is 12.1 Å². The Bertz CT molecular complexity index is 430. The fraction of sp³-hybridized carbons (Fsp3) is 0.500. The number of aliphatic hydroxyl groups is 1. The third kappa shape index (κ3) is 3.05. The van der Waals surface area contributed by atoms with Crippen LogP contribution in [0.1, 0.15) is 11.1 Å². The normalized spacial score (nSPS) is 17.8. The molecule has 0 aliphatic carbocycles. The molecular weight excluding hydrogens is 311 g/mol. The first kappa shape index (κ1) is 13.8. The van der Waals surface area contributed by atoms with Gasteiger partial charge in [0, 0.05) is 36.6 Å². The van der Waals surface area contributed by atoms with Crippen molar-refractivity contribution in [3.63, 3.8) is 0 Å². The molecule has 18 heavy (non-hydrogen) atoms.